The molecule has 1 heterocycles. The Bertz CT molecular complexity index is 481. The molecule has 0 amide bonds. The van der Waals surface area contributed by atoms with Crippen LogP contribution in [0.3, 0.4) is 0 Å². The Kier molecular flexibility index (Phi) is 3.62. The van der Waals surface area contributed by atoms with Gasteiger partial charge in [-0.1, -0.05) is 26.0 Å². The van der Waals surface area contributed by atoms with Gasteiger partial charge in [0.15, 0.2) is 5.69 Å². The fraction of sp³-hybridized carbons (Fsp3) is 0.769. The molecule has 0 saturated heterocycles. The molecule has 19 heavy (non-hydrogen) atoms. The minimum absolute atomic E-state index is 0.0950. The quantitative estimate of drug-likeness (QED) is 0.870. The summed E-state index contributed by atoms with van der Waals surface area (Å²) in [7, 11) is 0. The topological polar surface area (TPSA) is 94.0 Å². The SMILES string of the molecule is CC1CC(n2nnc(CN)c2C(=O)O)CC(C)(C)C1. The van der Waals surface area contributed by atoms with E-state index in [1.54, 1.807) is 4.68 Å². The summed E-state index contributed by atoms with van der Waals surface area (Å²) in [5.74, 6) is -0.442. The Morgan fingerprint density at radius 3 is 2.74 bits per heavy atom. The van der Waals surface area contributed by atoms with Crippen LogP contribution < -0.4 is 5.73 Å². The molecule has 0 radical (unpaired) electrons. The number of hydrogen-bond donors (Lipinski definition) is 2. The first kappa shape index (κ1) is 14.0. The maximum atomic E-state index is 11.4. The number of rotatable bonds is 3. The third kappa shape index (κ3) is 2.78. The molecule has 2 unspecified atom stereocenters. The van der Waals surface area contributed by atoms with Gasteiger partial charge in [0.2, 0.25) is 0 Å². The van der Waals surface area contributed by atoms with E-state index in [2.05, 4.69) is 31.1 Å². The fourth-order valence-corrected chi connectivity index (χ4v) is 3.42. The Hall–Kier alpha value is -1.43. The number of carboxylic acid groups (broad SMARTS) is 1. The van der Waals surface area contributed by atoms with Crippen molar-refractivity contribution in [2.24, 2.45) is 17.1 Å². The summed E-state index contributed by atoms with van der Waals surface area (Å²) in [6.07, 6.45) is 3.02. The van der Waals surface area contributed by atoms with Crippen molar-refractivity contribution in [2.75, 3.05) is 0 Å². The Morgan fingerprint density at radius 2 is 2.21 bits per heavy atom. The van der Waals surface area contributed by atoms with Crippen molar-refractivity contribution in [3.63, 3.8) is 0 Å². The van der Waals surface area contributed by atoms with E-state index in [1.165, 1.54) is 0 Å². The average Bonchev–Trinajstić information content (AvgIpc) is 2.69. The van der Waals surface area contributed by atoms with Crippen molar-refractivity contribution in [1.82, 2.24) is 15.0 Å². The van der Waals surface area contributed by atoms with Crippen LogP contribution in [0.2, 0.25) is 0 Å². The molecule has 0 bridgehead atoms. The highest BCUT2D eigenvalue weighted by Gasteiger charge is 2.35. The third-order valence-corrected chi connectivity index (χ3v) is 3.87. The highest BCUT2D eigenvalue weighted by atomic mass is 16.4. The second-order valence-corrected chi connectivity index (χ2v) is 6.41. The van der Waals surface area contributed by atoms with E-state index < -0.39 is 5.97 Å². The normalized spacial score (nSPS) is 26.3. The molecule has 0 spiro atoms. The van der Waals surface area contributed by atoms with Crippen molar-refractivity contribution < 1.29 is 9.90 Å². The number of hydrogen-bond acceptors (Lipinski definition) is 4. The van der Waals surface area contributed by atoms with Crippen molar-refractivity contribution in [3.05, 3.63) is 11.4 Å². The lowest BCUT2D eigenvalue weighted by atomic mass is 9.70. The fourth-order valence-electron chi connectivity index (χ4n) is 3.42. The zero-order chi connectivity index (χ0) is 14.2. The first-order chi connectivity index (χ1) is 8.84. The van der Waals surface area contributed by atoms with Crippen LogP contribution in [0.5, 0.6) is 0 Å². The van der Waals surface area contributed by atoms with Gasteiger partial charge in [-0.2, -0.15) is 0 Å². The average molecular weight is 266 g/mol. The largest absolute Gasteiger partial charge is 0.476 e. The molecule has 2 atom stereocenters. The van der Waals surface area contributed by atoms with Gasteiger partial charge >= 0.3 is 5.97 Å². The Morgan fingerprint density at radius 1 is 1.53 bits per heavy atom. The van der Waals surface area contributed by atoms with Crippen LogP contribution in [0.4, 0.5) is 0 Å². The first-order valence-electron chi connectivity index (χ1n) is 6.71. The van der Waals surface area contributed by atoms with Gasteiger partial charge in [-0.05, 0) is 30.6 Å². The summed E-state index contributed by atoms with van der Waals surface area (Å²) >= 11 is 0. The smallest absolute Gasteiger partial charge is 0.356 e. The molecule has 1 saturated carbocycles. The Labute approximate surface area is 113 Å². The highest BCUT2D eigenvalue weighted by molar-refractivity contribution is 5.86. The van der Waals surface area contributed by atoms with Gasteiger partial charge in [0, 0.05) is 6.54 Å². The van der Waals surface area contributed by atoms with Crippen LogP contribution in [-0.2, 0) is 6.54 Å². The van der Waals surface area contributed by atoms with E-state index >= 15 is 0 Å². The molecule has 0 aromatic carbocycles. The monoisotopic (exact) mass is 266 g/mol. The molecule has 106 valence electrons. The van der Waals surface area contributed by atoms with Gasteiger partial charge in [0.05, 0.1) is 6.04 Å². The standard InChI is InChI=1S/C13H22N4O2/c1-8-4-9(6-13(2,3)5-8)17-11(12(18)19)10(7-14)15-16-17/h8-9H,4-7,14H2,1-3H3,(H,18,19). The first-order valence-corrected chi connectivity index (χ1v) is 6.71. The van der Waals surface area contributed by atoms with Crippen LogP contribution >= 0.6 is 0 Å². The van der Waals surface area contributed by atoms with Crippen LogP contribution in [0.1, 0.15) is 62.3 Å². The van der Waals surface area contributed by atoms with Gasteiger partial charge in [-0.15, -0.1) is 5.10 Å². The van der Waals surface area contributed by atoms with E-state index in [0.29, 0.717) is 11.6 Å². The second kappa shape index (κ2) is 4.92. The summed E-state index contributed by atoms with van der Waals surface area (Å²) in [5, 5.41) is 17.3. The second-order valence-electron chi connectivity index (χ2n) is 6.41. The highest BCUT2D eigenvalue weighted by Crippen LogP contribution is 2.43. The zero-order valence-corrected chi connectivity index (χ0v) is 11.8. The minimum atomic E-state index is -0.999. The summed E-state index contributed by atoms with van der Waals surface area (Å²) < 4.78 is 1.57. The number of nitrogens with zero attached hydrogens (tertiary/aromatic N) is 3. The van der Waals surface area contributed by atoms with Gasteiger partial charge in [-0.3, -0.25) is 0 Å². The maximum Gasteiger partial charge on any atom is 0.356 e. The molecule has 1 aliphatic carbocycles. The molecule has 1 aromatic heterocycles. The molecular formula is C13H22N4O2. The van der Waals surface area contributed by atoms with Crippen LogP contribution in [0.15, 0.2) is 0 Å². The van der Waals surface area contributed by atoms with Gasteiger partial charge in [0.25, 0.3) is 0 Å². The van der Waals surface area contributed by atoms with Crippen LogP contribution in [0, 0.1) is 11.3 Å². The molecule has 6 heteroatoms. The predicted octanol–water partition coefficient (Wildman–Crippen LogP) is 1.82. The number of carbonyl (C=O) groups is 1. The van der Waals surface area contributed by atoms with Gasteiger partial charge < -0.3 is 10.8 Å². The van der Waals surface area contributed by atoms with Gasteiger partial charge in [0.1, 0.15) is 5.69 Å². The van der Waals surface area contributed by atoms with Gasteiger partial charge in [-0.25, -0.2) is 9.48 Å². The zero-order valence-electron chi connectivity index (χ0n) is 11.8. The molecule has 3 N–H and O–H groups in total. The van der Waals surface area contributed by atoms with Crippen molar-refractivity contribution in [2.45, 2.75) is 52.6 Å². The lowest BCUT2D eigenvalue weighted by Gasteiger charge is -2.39. The van der Waals surface area contributed by atoms with E-state index in [4.69, 9.17) is 5.73 Å². The number of aromatic nitrogens is 3. The lowest BCUT2D eigenvalue weighted by Crippen LogP contribution is -2.31. The molecular weight excluding hydrogens is 244 g/mol. The van der Waals surface area contributed by atoms with Crippen molar-refractivity contribution in [3.8, 4) is 0 Å². The molecule has 0 aliphatic heterocycles. The number of nitrogens with two attached hydrogens (primary N) is 1. The Balaban J connectivity index is 2.36. The van der Waals surface area contributed by atoms with E-state index in [1.807, 2.05) is 0 Å². The van der Waals surface area contributed by atoms with Crippen LogP contribution in [0.25, 0.3) is 0 Å². The molecule has 1 aromatic rings. The summed E-state index contributed by atoms with van der Waals surface area (Å²) in [6, 6.07) is 0.0950. The van der Waals surface area contributed by atoms with E-state index in [0.717, 1.165) is 19.3 Å². The molecule has 1 fully saturated rings. The molecule has 6 nitrogen and oxygen atoms in total. The third-order valence-electron chi connectivity index (χ3n) is 3.87. The predicted molar refractivity (Wildman–Crippen MR) is 70.7 cm³/mol. The van der Waals surface area contributed by atoms with E-state index in [9.17, 15) is 9.90 Å². The summed E-state index contributed by atoms with van der Waals surface area (Å²) in [6.45, 7) is 6.75. The summed E-state index contributed by atoms with van der Waals surface area (Å²) in [5.41, 5.74) is 6.25. The minimum Gasteiger partial charge on any atom is -0.476 e. The van der Waals surface area contributed by atoms with E-state index in [-0.39, 0.29) is 23.7 Å². The van der Waals surface area contributed by atoms with Crippen molar-refractivity contribution in [1.29, 1.82) is 0 Å². The van der Waals surface area contributed by atoms with Crippen LogP contribution in [-0.4, -0.2) is 26.1 Å². The number of aromatic carboxylic acids is 1. The van der Waals surface area contributed by atoms with Crippen molar-refractivity contribution >= 4 is 5.97 Å². The number of carboxylic acids is 1. The maximum absolute atomic E-state index is 11.4. The molecule has 2 rings (SSSR count). The lowest BCUT2D eigenvalue weighted by molar-refractivity contribution is 0.0661. The summed E-state index contributed by atoms with van der Waals surface area (Å²) in [4.78, 5) is 11.4. The molecule has 1 aliphatic rings.